The number of hydrogen-bond acceptors (Lipinski definition) is 1. The molecule has 0 aliphatic heterocycles. The maximum absolute atomic E-state index is 11.9. The third-order valence-electron chi connectivity index (χ3n) is 0.500. The van der Waals surface area contributed by atoms with Gasteiger partial charge in [-0.25, -0.2) is 8.78 Å². The summed E-state index contributed by atoms with van der Waals surface area (Å²) in [5.41, 5.74) is 0. The molecule has 0 bridgehead atoms. The van der Waals surface area contributed by atoms with Crippen LogP contribution in [-0.4, -0.2) is 17.8 Å². The van der Waals surface area contributed by atoms with Crippen LogP contribution in [0.1, 0.15) is 0 Å². The van der Waals surface area contributed by atoms with Gasteiger partial charge in [0.15, 0.2) is 0 Å². The van der Waals surface area contributed by atoms with Gasteiger partial charge in [0.1, 0.15) is 0 Å². The summed E-state index contributed by atoms with van der Waals surface area (Å²) in [6.07, 6.45) is -3.65. The van der Waals surface area contributed by atoms with E-state index in [0.717, 1.165) is 0 Å². The zero-order valence-corrected chi connectivity index (χ0v) is 5.92. The molecule has 0 saturated heterocycles. The highest BCUT2D eigenvalue weighted by molar-refractivity contribution is 9.10. The minimum absolute atomic E-state index is 1.63. The summed E-state index contributed by atoms with van der Waals surface area (Å²) in [6.45, 7) is -3.57. The Labute approximate surface area is 61.3 Å². The van der Waals surface area contributed by atoms with Gasteiger partial charge in [0.05, 0.1) is 0 Å². The Hall–Kier alpha value is 0.0900. The molecule has 0 N–H and O–H groups in total. The molecule has 0 spiro atoms. The smallest absolute Gasteiger partial charge is 0.271 e. The first kappa shape index (κ1) is 10.1. The Bertz CT molecular complexity index is 105. The number of alkyl halides is 6. The Morgan fingerprint density at radius 3 is 1.70 bits per heavy atom. The molecular weight excluding hydrogens is 227 g/mol. The lowest BCUT2D eigenvalue weighted by Gasteiger charge is -2.16. The molecule has 0 aliphatic rings. The van der Waals surface area contributed by atoms with Crippen LogP contribution in [0.3, 0.4) is 0 Å². The van der Waals surface area contributed by atoms with Crippen LogP contribution in [0.15, 0.2) is 0 Å². The van der Waals surface area contributed by atoms with Crippen molar-refractivity contribution in [2.24, 2.45) is 0 Å². The first-order valence-corrected chi connectivity index (χ1v) is 2.77. The van der Waals surface area contributed by atoms with Gasteiger partial charge in [-0.15, -0.1) is 0 Å². The molecule has 0 amide bonds. The van der Waals surface area contributed by atoms with Crippen LogP contribution in [0.4, 0.5) is 22.0 Å². The van der Waals surface area contributed by atoms with E-state index in [1.165, 1.54) is 0 Å². The fourth-order valence-electron chi connectivity index (χ4n) is 0.170. The molecule has 0 rings (SSSR count). The minimum Gasteiger partial charge on any atom is -0.271 e. The maximum Gasteiger partial charge on any atom is 0.348 e. The van der Waals surface area contributed by atoms with Crippen molar-refractivity contribution >= 4 is 15.9 Å². The Morgan fingerprint density at radius 1 is 1.20 bits per heavy atom. The number of halogens is 6. The topological polar surface area (TPSA) is 9.23 Å². The maximum atomic E-state index is 11.9. The van der Waals surface area contributed by atoms with Crippen LogP contribution in [-0.2, 0) is 4.74 Å². The molecule has 0 aromatic rings. The van der Waals surface area contributed by atoms with Crippen LogP contribution in [0.25, 0.3) is 0 Å². The Morgan fingerprint density at radius 2 is 1.60 bits per heavy atom. The lowest BCUT2D eigenvalue weighted by Crippen LogP contribution is -2.30. The summed E-state index contributed by atoms with van der Waals surface area (Å²) in [6, 6.07) is 0. The van der Waals surface area contributed by atoms with Crippen LogP contribution >= 0.6 is 15.9 Å². The number of hydrogen-bond donors (Lipinski definition) is 0. The van der Waals surface area contributed by atoms with Crippen molar-refractivity contribution in [1.82, 2.24) is 0 Å². The predicted molar refractivity (Wildman–Crippen MR) is 25.9 cm³/mol. The molecular formula is C3H2BrF5O. The lowest BCUT2D eigenvalue weighted by molar-refractivity contribution is -0.251. The molecule has 10 heavy (non-hydrogen) atoms. The predicted octanol–water partition coefficient (Wildman–Crippen LogP) is 2.51. The molecule has 0 heterocycles. The molecule has 0 fully saturated rings. The summed E-state index contributed by atoms with van der Waals surface area (Å²) in [7, 11) is 0. The molecule has 62 valence electrons. The summed E-state index contributed by atoms with van der Waals surface area (Å²) in [5.74, 6) is 0. The second kappa shape index (κ2) is 3.47. The number of rotatable bonds is 3. The third-order valence-corrected chi connectivity index (χ3v) is 1.03. The van der Waals surface area contributed by atoms with Gasteiger partial charge in [-0.1, -0.05) is 0 Å². The second-order valence-corrected chi connectivity index (χ2v) is 2.32. The van der Waals surface area contributed by atoms with Crippen LogP contribution < -0.4 is 0 Å². The SMILES string of the molecule is FC(F)OC(F)(Br)C(F)F. The lowest BCUT2D eigenvalue weighted by atomic mass is 10.7. The van der Waals surface area contributed by atoms with Gasteiger partial charge in [-0.2, -0.15) is 13.2 Å². The normalized spacial score (nSPS) is 18.0. The molecule has 0 aromatic carbocycles. The Balaban J connectivity index is 3.87. The fraction of sp³-hybridized carbons (Fsp3) is 1.00. The second-order valence-electron chi connectivity index (χ2n) is 1.24. The zero-order valence-electron chi connectivity index (χ0n) is 4.33. The van der Waals surface area contributed by atoms with E-state index >= 15 is 0 Å². The van der Waals surface area contributed by atoms with Crippen LogP contribution in [0, 0.1) is 0 Å². The van der Waals surface area contributed by atoms with Crippen molar-refractivity contribution in [3.05, 3.63) is 0 Å². The van der Waals surface area contributed by atoms with Gasteiger partial charge in [-0.3, -0.25) is 4.74 Å². The summed E-state index contributed by atoms with van der Waals surface area (Å²) >= 11 is 1.63. The number of ether oxygens (including phenoxy) is 1. The zero-order chi connectivity index (χ0) is 8.36. The molecule has 1 unspecified atom stereocenters. The average molecular weight is 229 g/mol. The highest BCUT2D eigenvalue weighted by atomic mass is 79.9. The van der Waals surface area contributed by atoms with Gasteiger partial charge in [0.25, 0.3) is 0 Å². The third kappa shape index (κ3) is 3.31. The molecule has 0 aliphatic carbocycles. The van der Waals surface area contributed by atoms with Crippen molar-refractivity contribution < 1.29 is 26.7 Å². The van der Waals surface area contributed by atoms with E-state index in [4.69, 9.17) is 0 Å². The van der Waals surface area contributed by atoms with Gasteiger partial charge in [-0.05, 0) is 15.9 Å². The van der Waals surface area contributed by atoms with E-state index in [0.29, 0.717) is 0 Å². The first-order valence-electron chi connectivity index (χ1n) is 1.98. The highest BCUT2D eigenvalue weighted by Crippen LogP contribution is 2.31. The van der Waals surface area contributed by atoms with E-state index in [9.17, 15) is 22.0 Å². The molecule has 0 saturated carbocycles. The van der Waals surface area contributed by atoms with E-state index < -0.39 is 17.8 Å². The van der Waals surface area contributed by atoms with Crippen LogP contribution in [0.2, 0.25) is 0 Å². The minimum atomic E-state index is -3.75. The quantitative estimate of drug-likeness (QED) is 0.533. The van der Waals surface area contributed by atoms with Crippen molar-refractivity contribution in [1.29, 1.82) is 0 Å². The van der Waals surface area contributed by atoms with E-state index in [-0.39, 0.29) is 0 Å². The fourth-order valence-corrected chi connectivity index (χ4v) is 0.312. The largest absolute Gasteiger partial charge is 0.348 e. The van der Waals surface area contributed by atoms with Gasteiger partial charge < -0.3 is 0 Å². The summed E-state index contributed by atoms with van der Waals surface area (Å²) in [5, 5.41) is 0. The summed E-state index contributed by atoms with van der Waals surface area (Å²) in [4.78, 5) is 0. The van der Waals surface area contributed by atoms with E-state index in [1.807, 2.05) is 0 Å². The van der Waals surface area contributed by atoms with Crippen molar-refractivity contribution in [2.45, 2.75) is 17.8 Å². The molecule has 0 radical (unpaired) electrons. The standard InChI is InChI=1S/C3H2BrF5O/c4-3(9,1(5)6)10-2(7)8/h1-2H. The molecule has 0 aromatic heterocycles. The van der Waals surface area contributed by atoms with Crippen molar-refractivity contribution in [3.63, 3.8) is 0 Å². The average Bonchev–Trinajstić information content (AvgIpc) is 1.60. The van der Waals surface area contributed by atoms with E-state index in [2.05, 4.69) is 4.74 Å². The Kier molecular flexibility index (Phi) is 3.50. The molecule has 1 atom stereocenters. The van der Waals surface area contributed by atoms with Crippen molar-refractivity contribution in [2.75, 3.05) is 0 Å². The van der Waals surface area contributed by atoms with Crippen molar-refractivity contribution in [3.8, 4) is 0 Å². The van der Waals surface area contributed by atoms with Crippen LogP contribution in [0.5, 0.6) is 0 Å². The monoisotopic (exact) mass is 228 g/mol. The van der Waals surface area contributed by atoms with Gasteiger partial charge in [0.2, 0.25) is 0 Å². The first-order chi connectivity index (χ1) is 4.36. The van der Waals surface area contributed by atoms with Gasteiger partial charge >= 0.3 is 17.8 Å². The molecule has 1 nitrogen and oxygen atoms in total. The van der Waals surface area contributed by atoms with E-state index in [1.54, 1.807) is 15.9 Å². The highest BCUT2D eigenvalue weighted by Gasteiger charge is 2.41. The summed E-state index contributed by atoms with van der Waals surface area (Å²) < 4.78 is 55.8. The van der Waals surface area contributed by atoms with Gasteiger partial charge in [0, 0.05) is 0 Å². The molecule has 7 heteroatoms.